The summed E-state index contributed by atoms with van der Waals surface area (Å²) in [6, 6.07) is 13.9. The van der Waals surface area contributed by atoms with Gasteiger partial charge in [-0.05, 0) is 34.2 Å². The number of hydrogen-bond donors (Lipinski definition) is 2. The number of aliphatic carboxylic acids is 1. The highest BCUT2D eigenvalue weighted by molar-refractivity contribution is 5.85. The summed E-state index contributed by atoms with van der Waals surface area (Å²) in [4.78, 5) is 11.6. The van der Waals surface area contributed by atoms with Crippen LogP contribution in [0.3, 0.4) is 0 Å². The van der Waals surface area contributed by atoms with Crippen molar-refractivity contribution >= 4 is 5.97 Å². The molecule has 3 nitrogen and oxygen atoms in total. The van der Waals surface area contributed by atoms with Gasteiger partial charge in [0, 0.05) is 5.92 Å². The Morgan fingerprint density at radius 3 is 2.50 bits per heavy atom. The first-order chi connectivity index (χ1) is 9.68. The number of hydrogen-bond acceptors (Lipinski definition) is 2. The molecule has 2 N–H and O–H groups in total. The summed E-state index contributed by atoms with van der Waals surface area (Å²) in [7, 11) is 0. The number of carbonyl (C=O) groups is 1. The van der Waals surface area contributed by atoms with Crippen molar-refractivity contribution in [3.8, 4) is 11.1 Å². The fourth-order valence-corrected chi connectivity index (χ4v) is 3.79. The summed E-state index contributed by atoms with van der Waals surface area (Å²) in [6.07, 6.45) is -0.401. The molecule has 100 valence electrons. The molecule has 0 unspecified atom stereocenters. The SMILES string of the molecule is O=C(O)[C@H]1C[C@H](O)c2cccc3c2[C@@H]1c1ccccc1-3. The number of fused-ring (bicyclic) bond motifs is 3. The lowest BCUT2D eigenvalue weighted by atomic mass is 9.73. The quantitative estimate of drug-likeness (QED) is 0.834. The van der Waals surface area contributed by atoms with Crippen LogP contribution < -0.4 is 0 Å². The molecule has 4 rings (SSSR count). The van der Waals surface area contributed by atoms with Gasteiger partial charge in [-0.2, -0.15) is 0 Å². The summed E-state index contributed by atoms with van der Waals surface area (Å²) in [5.41, 5.74) is 5.16. The Bertz CT molecular complexity index is 720. The van der Waals surface area contributed by atoms with Crippen molar-refractivity contribution in [2.45, 2.75) is 18.4 Å². The molecular weight excluding hydrogens is 252 g/mol. The third-order valence-electron chi connectivity index (χ3n) is 4.59. The van der Waals surface area contributed by atoms with E-state index in [0.717, 1.165) is 27.8 Å². The van der Waals surface area contributed by atoms with Crippen LogP contribution in [0.4, 0.5) is 0 Å². The van der Waals surface area contributed by atoms with Crippen LogP contribution in [0.1, 0.15) is 35.1 Å². The number of aliphatic hydroxyl groups is 1. The first-order valence-corrected chi connectivity index (χ1v) is 6.81. The second-order valence-electron chi connectivity index (χ2n) is 5.57. The van der Waals surface area contributed by atoms with E-state index in [4.69, 9.17) is 0 Å². The molecule has 0 spiro atoms. The Balaban J connectivity index is 2.05. The Hall–Kier alpha value is -2.13. The van der Waals surface area contributed by atoms with Gasteiger partial charge in [-0.3, -0.25) is 4.79 Å². The standard InChI is InChI=1S/C17H14O3/c18-14-8-13(17(19)20)16-10-5-2-1-4-9(10)11-6-3-7-12(14)15(11)16/h1-7,13-14,16,18H,8H2,(H,19,20)/t13-,14-,16+/m0/s1. The van der Waals surface area contributed by atoms with Crippen LogP contribution in [-0.2, 0) is 4.79 Å². The second-order valence-corrected chi connectivity index (χ2v) is 5.57. The van der Waals surface area contributed by atoms with Gasteiger partial charge in [0.1, 0.15) is 0 Å². The lowest BCUT2D eigenvalue weighted by Gasteiger charge is -2.32. The molecule has 0 heterocycles. The Kier molecular flexibility index (Phi) is 2.30. The fourth-order valence-electron chi connectivity index (χ4n) is 3.79. The van der Waals surface area contributed by atoms with Crippen molar-refractivity contribution in [3.05, 3.63) is 59.2 Å². The van der Waals surface area contributed by atoms with Crippen molar-refractivity contribution in [1.82, 2.24) is 0 Å². The molecule has 3 heteroatoms. The van der Waals surface area contributed by atoms with Gasteiger partial charge in [0.15, 0.2) is 0 Å². The van der Waals surface area contributed by atoms with Crippen molar-refractivity contribution in [3.63, 3.8) is 0 Å². The van der Waals surface area contributed by atoms with Crippen LogP contribution in [0.25, 0.3) is 11.1 Å². The largest absolute Gasteiger partial charge is 0.481 e. The second kappa shape index (κ2) is 3.93. The zero-order valence-electron chi connectivity index (χ0n) is 10.8. The first-order valence-electron chi connectivity index (χ1n) is 6.81. The molecule has 0 bridgehead atoms. The van der Waals surface area contributed by atoms with Crippen LogP contribution >= 0.6 is 0 Å². The number of rotatable bonds is 1. The zero-order chi connectivity index (χ0) is 13.9. The highest BCUT2D eigenvalue weighted by Crippen LogP contribution is 2.55. The monoisotopic (exact) mass is 266 g/mol. The maximum atomic E-state index is 11.6. The maximum absolute atomic E-state index is 11.6. The Morgan fingerprint density at radius 1 is 1.00 bits per heavy atom. The molecule has 0 aliphatic heterocycles. The summed E-state index contributed by atoms with van der Waals surface area (Å²) in [6.45, 7) is 0. The van der Waals surface area contributed by atoms with Crippen LogP contribution in [0.2, 0.25) is 0 Å². The minimum Gasteiger partial charge on any atom is -0.481 e. The van der Waals surface area contributed by atoms with Gasteiger partial charge in [0.25, 0.3) is 0 Å². The number of carboxylic acids is 1. The fraction of sp³-hybridized carbons (Fsp3) is 0.235. The number of aliphatic hydroxyl groups excluding tert-OH is 1. The third kappa shape index (κ3) is 1.36. The van der Waals surface area contributed by atoms with E-state index in [1.807, 2.05) is 42.5 Å². The van der Waals surface area contributed by atoms with E-state index >= 15 is 0 Å². The van der Waals surface area contributed by atoms with Gasteiger partial charge in [0.2, 0.25) is 0 Å². The minimum atomic E-state index is -0.828. The summed E-state index contributed by atoms with van der Waals surface area (Å²) in [5, 5.41) is 19.8. The van der Waals surface area contributed by atoms with Crippen LogP contribution in [0, 0.1) is 5.92 Å². The molecule has 2 aromatic rings. The van der Waals surface area contributed by atoms with Crippen LogP contribution in [-0.4, -0.2) is 16.2 Å². The molecule has 2 aromatic carbocycles. The molecule has 3 atom stereocenters. The topological polar surface area (TPSA) is 57.5 Å². The molecule has 0 saturated carbocycles. The zero-order valence-corrected chi connectivity index (χ0v) is 10.8. The summed E-state index contributed by atoms with van der Waals surface area (Å²) in [5.74, 6) is -1.51. The van der Waals surface area contributed by atoms with Gasteiger partial charge >= 0.3 is 5.97 Å². The third-order valence-corrected chi connectivity index (χ3v) is 4.59. The van der Waals surface area contributed by atoms with Crippen molar-refractivity contribution in [1.29, 1.82) is 0 Å². The molecule has 2 aliphatic carbocycles. The highest BCUT2D eigenvalue weighted by atomic mass is 16.4. The average Bonchev–Trinajstić information content (AvgIpc) is 2.79. The van der Waals surface area contributed by atoms with Crippen molar-refractivity contribution in [2.24, 2.45) is 5.92 Å². The smallest absolute Gasteiger partial charge is 0.307 e. The van der Waals surface area contributed by atoms with E-state index in [2.05, 4.69) is 0 Å². The molecule has 0 saturated heterocycles. The lowest BCUT2D eigenvalue weighted by Crippen LogP contribution is -2.29. The molecule has 0 fully saturated rings. The summed E-state index contributed by atoms with van der Waals surface area (Å²) < 4.78 is 0. The van der Waals surface area contributed by atoms with Crippen LogP contribution in [0.15, 0.2) is 42.5 Å². The van der Waals surface area contributed by atoms with E-state index in [9.17, 15) is 15.0 Å². The normalized spacial score (nSPS) is 25.9. The van der Waals surface area contributed by atoms with Gasteiger partial charge in [-0.15, -0.1) is 0 Å². The summed E-state index contributed by atoms with van der Waals surface area (Å²) >= 11 is 0. The Morgan fingerprint density at radius 2 is 1.70 bits per heavy atom. The maximum Gasteiger partial charge on any atom is 0.307 e. The predicted octanol–water partition coefficient (Wildman–Crippen LogP) is 2.94. The molecule has 0 aromatic heterocycles. The predicted molar refractivity (Wildman–Crippen MR) is 74.4 cm³/mol. The van der Waals surface area contributed by atoms with E-state index in [0.29, 0.717) is 0 Å². The van der Waals surface area contributed by atoms with Gasteiger partial charge in [-0.25, -0.2) is 0 Å². The molecular formula is C17H14O3. The van der Waals surface area contributed by atoms with E-state index in [1.165, 1.54) is 0 Å². The van der Waals surface area contributed by atoms with Crippen molar-refractivity contribution in [2.75, 3.05) is 0 Å². The van der Waals surface area contributed by atoms with Crippen molar-refractivity contribution < 1.29 is 15.0 Å². The molecule has 20 heavy (non-hydrogen) atoms. The first kappa shape index (κ1) is 11.7. The van der Waals surface area contributed by atoms with E-state index in [-0.39, 0.29) is 12.3 Å². The molecule has 0 radical (unpaired) electrons. The molecule has 0 amide bonds. The van der Waals surface area contributed by atoms with Gasteiger partial charge in [-0.1, -0.05) is 42.5 Å². The Labute approximate surface area is 116 Å². The number of benzene rings is 2. The van der Waals surface area contributed by atoms with Gasteiger partial charge < -0.3 is 10.2 Å². The minimum absolute atomic E-state index is 0.127. The van der Waals surface area contributed by atoms with Gasteiger partial charge in [0.05, 0.1) is 12.0 Å². The lowest BCUT2D eigenvalue weighted by molar-refractivity contribution is -0.143. The average molecular weight is 266 g/mol. The molecule has 2 aliphatic rings. The van der Waals surface area contributed by atoms with Crippen LogP contribution in [0.5, 0.6) is 0 Å². The van der Waals surface area contributed by atoms with E-state index < -0.39 is 18.0 Å². The highest BCUT2D eigenvalue weighted by Gasteiger charge is 2.44. The van der Waals surface area contributed by atoms with E-state index in [1.54, 1.807) is 0 Å². The number of carboxylic acid groups (broad SMARTS) is 1.